The van der Waals surface area contributed by atoms with Gasteiger partial charge in [-0.05, 0) is 6.07 Å². The van der Waals surface area contributed by atoms with Crippen molar-refractivity contribution in [3.05, 3.63) is 29.8 Å². The molecule has 0 aliphatic carbocycles. The Morgan fingerprint density at radius 1 is 1.35 bits per heavy atom. The molecule has 0 radical (unpaired) electrons. The summed E-state index contributed by atoms with van der Waals surface area (Å²) in [5.41, 5.74) is 0.841. The number of amides is 1. The minimum atomic E-state index is -1.25. The van der Waals surface area contributed by atoms with E-state index in [0.717, 1.165) is 16.2 Å². The van der Waals surface area contributed by atoms with E-state index < -0.39 is 23.8 Å². The van der Waals surface area contributed by atoms with Gasteiger partial charge in [-0.3, -0.25) is 9.89 Å². The molecular weight excluding hydrogens is 262 g/mol. The molecule has 0 saturated carbocycles. The van der Waals surface area contributed by atoms with Crippen LogP contribution in [0.15, 0.2) is 29.3 Å². The number of anilines is 1. The number of carboxylic acid groups (broad SMARTS) is 2. The Morgan fingerprint density at radius 2 is 2.10 bits per heavy atom. The Hall–Kier alpha value is -2.57. The van der Waals surface area contributed by atoms with Crippen molar-refractivity contribution in [2.24, 2.45) is 4.99 Å². The van der Waals surface area contributed by atoms with Crippen LogP contribution in [0, 0.1) is 0 Å². The third-order valence-electron chi connectivity index (χ3n) is 3.65. The number of aliphatic imine (C=N–C) groups is 1. The van der Waals surface area contributed by atoms with Gasteiger partial charge in [0.05, 0.1) is 6.54 Å². The fourth-order valence-electron chi connectivity index (χ4n) is 2.69. The van der Waals surface area contributed by atoms with Gasteiger partial charge in [0, 0.05) is 23.9 Å². The molecule has 2 aliphatic heterocycles. The highest BCUT2D eigenvalue weighted by atomic mass is 16.4. The Kier molecular flexibility index (Phi) is 2.63. The number of hydrogen-bond donors (Lipinski definition) is 3. The molecule has 1 amide bonds. The monoisotopic (exact) mass is 275 g/mol. The normalized spacial score (nSPS) is 27.2. The maximum atomic E-state index is 11.2. The van der Waals surface area contributed by atoms with Crippen LogP contribution in [0.3, 0.4) is 0 Å². The van der Waals surface area contributed by atoms with Crippen molar-refractivity contribution in [1.29, 1.82) is 0 Å². The number of para-hydroxylation sites is 1. The minimum absolute atomic E-state index is 0.0180. The smallest absolute Gasteiger partial charge is 0.408 e. The highest BCUT2D eigenvalue weighted by molar-refractivity contribution is 5.91. The van der Waals surface area contributed by atoms with E-state index in [2.05, 4.69) is 10.3 Å². The molecule has 2 aliphatic rings. The average Bonchev–Trinajstić information content (AvgIpc) is 2.78. The maximum absolute atomic E-state index is 11.2. The second-order valence-corrected chi connectivity index (χ2v) is 4.97. The third-order valence-corrected chi connectivity index (χ3v) is 3.65. The summed E-state index contributed by atoms with van der Waals surface area (Å²) < 4.78 is 0. The number of carboxylic acids is 1. The first kappa shape index (κ1) is 12.5. The van der Waals surface area contributed by atoms with Gasteiger partial charge >= 0.3 is 12.1 Å². The molecule has 3 rings (SSSR count). The van der Waals surface area contributed by atoms with Crippen LogP contribution in [0.2, 0.25) is 0 Å². The van der Waals surface area contributed by atoms with Gasteiger partial charge in [-0.15, -0.1) is 0 Å². The first-order valence-corrected chi connectivity index (χ1v) is 6.16. The number of nitrogens with one attached hydrogen (secondary N) is 1. The lowest BCUT2D eigenvalue weighted by Gasteiger charge is -2.31. The molecule has 1 spiro atoms. The summed E-state index contributed by atoms with van der Waals surface area (Å²) >= 11 is 0. The zero-order chi connectivity index (χ0) is 14.3. The molecule has 1 aromatic carbocycles. The number of rotatable bonds is 1. The predicted molar refractivity (Wildman–Crippen MR) is 71.2 cm³/mol. The van der Waals surface area contributed by atoms with Gasteiger partial charge in [-0.1, -0.05) is 18.2 Å². The van der Waals surface area contributed by atoms with E-state index in [1.807, 2.05) is 24.3 Å². The lowest BCUT2D eigenvalue weighted by Crippen LogP contribution is -2.43. The van der Waals surface area contributed by atoms with Crippen LogP contribution >= 0.6 is 0 Å². The topological polar surface area (TPSA) is 102 Å². The lowest BCUT2D eigenvalue weighted by atomic mass is 10.0. The van der Waals surface area contributed by atoms with Gasteiger partial charge in [-0.2, -0.15) is 0 Å². The van der Waals surface area contributed by atoms with E-state index in [9.17, 15) is 9.59 Å². The highest BCUT2D eigenvalue weighted by Crippen LogP contribution is 2.35. The van der Waals surface area contributed by atoms with Crippen LogP contribution in [-0.2, 0) is 4.79 Å². The Bertz CT molecular complexity index is 591. The van der Waals surface area contributed by atoms with Crippen molar-refractivity contribution >= 4 is 24.0 Å². The van der Waals surface area contributed by atoms with Gasteiger partial charge in [0.15, 0.2) is 0 Å². The fourth-order valence-corrected chi connectivity index (χ4v) is 2.69. The second kappa shape index (κ2) is 4.22. The lowest BCUT2D eigenvalue weighted by molar-refractivity contribution is -0.141. The van der Waals surface area contributed by atoms with Crippen LogP contribution in [0.4, 0.5) is 10.5 Å². The van der Waals surface area contributed by atoms with Crippen molar-refractivity contribution in [3.8, 4) is 0 Å². The average molecular weight is 275 g/mol. The summed E-state index contributed by atoms with van der Waals surface area (Å²) in [6.45, 7) is 0.0180. The van der Waals surface area contributed by atoms with Gasteiger partial charge in [-0.25, -0.2) is 9.59 Å². The molecule has 20 heavy (non-hydrogen) atoms. The number of benzene rings is 1. The van der Waals surface area contributed by atoms with E-state index >= 15 is 0 Å². The Morgan fingerprint density at radius 3 is 2.75 bits per heavy atom. The molecule has 3 N–H and O–H groups in total. The second-order valence-electron chi connectivity index (χ2n) is 4.97. The van der Waals surface area contributed by atoms with Crippen LogP contribution in [0.25, 0.3) is 0 Å². The number of fused-ring (bicyclic) bond motifs is 1. The molecular formula is C13H13N3O4. The predicted octanol–water partition coefficient (Wildman–Crippen LogP) is 1.06. The van der Waals surface area contributed by atoms with E-state index in [1.54, 1.807) is 6.21 Å². The zero-order valence-electron chi connectivity index (χ0n) is 10.5. The Balaban J connectivity index is 1.93. The molecule has 1 saturated heterocycles. The van der Waals surface area contributed by atoms with E-state index in [1.165, 1.54) is 0 Å². The molecule has 1 aromatic rings. The SMILES string of the molecule is O=C(O)C1CC2(CN1C(=O)O)N=Cc1ccccc1N2. The van der Waals surface area contributed by atoms with Crippen molar-refractivity contribution in [3.63, 3.8) is 0 Å². The van der Waals surface area contributed by atoms with Crippen molar-refractivity contribution in [2.75, 3.05) is 11.9 Å². The fraction of sp³-hybridized carbons (Fsp3) is 0.308. The highest BCUT2D eigenvalue weighted by Gasteiger charge is 2.50. The van der Waals surface area contributed by atoms with E-state index in [-0.39, 0.29) is 13.0 Å². The summed E-state index contributed by atoms with van der Waals surface area (Å²) in [5, 5.41) is 21.5. The van der Waals surface area contributed by atoms with Gasteiger partial charge in [0.2, 0.25) is 0 Å². The molecule has 0 aromatic heterocycles. The molecule has 104 valence electrons. The first-order chi connectivity index (χ1) is 9.51. The van der Waals surface area contributed by atoms with Crippen molar-refractivity contribution in [2.45, 2.75) is 18.1 Å². The maximum Gasteiger partial charge on any atom is 0.408 e. The standard InChI is InChI=1S/C13H13N3O4/c17-11(18)10-5-13(7-16(10)12(19)20)14-6-8-3-1-2-4-9(8)15-13/h1-4,6,10,15H,5,7H2,(H,17,18)(H,19,20). The van der Waals surface area contributed by atoms with E-state index in [4.69, 9.17) is 10.2 Å². The summed E-state index contributed by atoms with van der Waals surface area (Å²) in [6, 6.07) is 6.40. The van der Waals surface area contributed by atoms with Crippen molar-refractivity contribution in [1.82, 2.24) is 4.90 Å². The molecule has 1 fully saturated rings. The summed E-state index contributed by atoms with van der Waals surface area (Å²) in [6.07, 6.45) is 0.528. The number of nitrogens with zero attached hydrogens (tertiary/aromatic N) is 2. The van der Waals surface area contributed by atoms with Gasteiger partial charge in [0.25, 0.3) is 0 Å². The third kappa shape index (κ3) is 1.87. The number of hydrogen-bond acceptors (Lipinski definition) is 4. The quantitative estimate of drug-likeness (QED) is 0.711. The number of carbonyl (C=O) groups is 2. The Labute approximate surface area is 114 Å². The molecule has 2 atom stereocenters. The molecule has 7 heteroatoms. The van der Waals surface area contributed by atoms with Crippen LogP contribution in [-0.4, -0.2) is 51.6 Å². The van der Waals surface area contributed by atoms with Gasteiger partial charge in [0.1, 0.15) is 11.7 Å². The molecule has 2 heterocycles. The van der Waals surface area contributed by atoms with Crippen molar-refractivity contribution < 1.29 is 19.8 Å². The van der Waals surface area contributed by atoms with Crippen LogP contribution in [0.1, 0.15) is 12.0 Å². The summed E-state index contributed by atoms with van der Waals surface area (Å²) in [4.78, 5) is 27.7. The van der Waals surface area contributed by atoms with Crippen LogP contribution < -0.4 is 5.32 Å². The first-order valence-electron chi connectivity index (χ1n) is 6.16. The van der Waals surface area contributed by atoms with E-state index in [0.29, 0.717) is 0 Å². The number of likely N-dealkylation sites (tertiary alicyclic amines) is 1. The molecule has 0 bridgehead atoms. The molecule has 2 unspecified atom stereocenters. The van der Waals surface area contributed by atoms with Gasteiger partial charge < -0.3 is 15.5 Å². The minimum Gasteiger partial charge on any atom is -0.480 e. The summed E-state index contributed by atoms with van der Waals surface area (Å²) in [5.74, 6) is -1.15. The van der Waals surface area contributed by atoms with Crippen LogP contribution in [0.5, 0.6) is 0 Å². The largest absolute Gasteiger partial charge is 0.480 e. The summed E-state index contributed by atoms with van der Waals surface area (Å²) in [7, 11) is 0. The molecule has 7 nitrogen and oxygen atoms in total. The zero-order valence-corrected chi connectivity index (χ0v) is 10.5. The number of aliphatic carboxylic acids is 1.